The van der Waals surface area contributed by atoms with E-state index < -0.39 is 17.4 Å². The van der Waals surface area contributed by atoms with Gasteiger partial charge in [-0.15, -0.1) is 0 Å². The summed E-state index contributed by atoms with van der Waals surface area (Å²) in [5.41, 5.74) is 8.24. The largest absolute Gasteiger partial charge is 0.465 e. The van der Waals surface area contributed by atoms with E-state index in [1.165, 1.54) is 6.20 Å². The number of rotatable bonds is 2. The lowest BCUT2D eigenvalue weighted by Gasteiger charge is -2.39. The van der Waals surface area contributed by atoms with Gasteiger partial charge >= 0.3 is 0 Å². The number of benzene rings is 1. The number of pyridine rings is 2. The Morgan fingerprint density at radius 2 is 1.94 bits per heavy atom. The third kappa shape index (κ3) is 3.23. The van der Waals surface area contributed by atoms with Gasteiger partial charge in [-0.1, -0.05) is 12.1 Å². The Balaban J connectivity index is 1.59. The first-order chi connectivity index (χ1) is 16.5. The van der Waals surface area contributed by atoms with Crippen molar-refractivity contribution in [2.45, 2.75) is 18.4 Å². The molecule has 3 aliphatic heterocycles. The topological polar surface area (TPSA) is 91.9 Å². The fourth-order valence-corrected chi connectivity index (χ4v) is 4.74. The van der Waals surface area contributed by atoms with Crippen LogP contribution in [0.15, 0.2) is 53.7 Å². The van der Waals surface area contributed by atoms with Gasteiger partial charge in [0, 0.05) is 29.3 Å². The minimum Gasteiger partial charge on any atom is -0.465 e. The standard InChI is InChI=1S/C25H20F2N4O3/c26-22-16(4-1-8-29-22)14-5-6-20-17(11-14)25(7-10-33-24(28)31-25)18-12-19(15-3-2-9-32-13-15)30-23(27)21(18)34-20/h1,3-6,8,11-12H,2,7,9-10,13H2,(H2,28,31)/t25-/m1/s1. The molecule has 1 spiro atoms. The first-order valence-electron chi connectivity index (χ1n) is 10.9. The van der Waals surface area contributed by atoms with E-state index >= 15 is 4.39 Å². The second-order valence-electron chi connectivity index (χ2n) is 8.31. The van der Waals surface area contributed by atoms with Crippen molar-refractivity contribution < 1.29 is 23.0 Å². The monoisotopic (exact) mass is 462 g/mol. The Morgan fingerprint density at radius 1 is 1.03 bits per heavy atom. The van der Waals surface area contributed by atoms with Crippen LogP contribution in [0.3, 0.4) is 0 Å². The van der Waals surface area contributed by atoms with Crippen LogP contribution in [0.4, 0.5) is 8.78 Å². The molecule has 0 amide bonds. The highest BCUT2D eigenvalue weighted by Crippen LogP contribution is 2.53. The summed E-state index contributed by atoms with van der Waals surface area (Å²) in [5, 5.41) is 0. The molecule has 6 rings (SSSR count). The van der Waals surface area contributed by atoms with Crippen molar-refractivity contribution in [3.63, 3.8) is 0 Å². The quantitative estimate of drug-likeness (QED) is 0.571. The van der Waals surface area contributed by atoms with Gasteiger partial charge in [0.2, 0.25) is 5.95 Å². The minimum atomic E-state index is -1.09. The van der Waals surface area contributed by atoms with Crippen LogP contribution in [0.2, 0.25) is 0 Å². The summed E-state index contributed by atoms with van der Waals surface area (Å²) >= 11 is 0. The molecule has 0 saturated heterocycles. The summed E-state index contributed by atoms with van der Waals surface area (Å²) in [6.45, 7) is 1.22. The van der Waals surface area contributed by atoms with Gasteiger partial charge in [0.15, 0.2) is 5.75 Å². The number of hydrogen-bond acceptors (Lipinski definition) is 7. The van der Waals surface area contributed by atoms with E-state index in [0.717, 1.165) is 12.0 Å². The number of nitrogens with two attached hydrogens (primary N) is 1. The van der Waals surface area contributed by atoms with Crippen molar-refractivity contribution in [3.8, 4) is 22.6 Å². The van der Waals surface area contributed by atoms with Crippen LogP contribution in [-0.4, -0.2) is 35.8 Å². The lowest BCUT2D eigenvalue weighted by atomic mass is 9.77. The van der Waals surface area contributed by atoms with Crippen molar-refractivity contribution in [1.29, 1.82) is 0 Å². The highest BCUT2D eigenvalue weighted by atomic mass is 19.1. The number of fused-ring (bicyclic) bond motifs is 4. The van der Waals surface area contributed by atoms with Crippen LogP contribution in [0.1, 0.15) is 29.7 Å². The van der Waals surface area contributed by atoms with Crippen LogP contribution in [0, 0.1) is 11.9 Å². The molecular formula is C25H20F2N4O3. The Morgan fingerprint density at radius 3 is 2.74 bits per heavy atom. The van der Waals surface area contributed by atoms with Gasteiger partial charge in [-0.05, 0) is 47.9 Å². The molecule has 0 saturated carbocycles. The number of aliphatic imine (C=N–C) groups is 1. The van der Waals surface area contributed by atoms with Crippen LogP contribution >= 0.6 is 0 Å². The molecule has 0 bridgehead atoms. The molecule has 2 aromatic heterocycles. The van der Waals surface area contributed by atoms with Crippen LogP contribution in [0.5, 0.6) is 11.5 Å². The highest BCUT2D eigenvalue weighted by Gasteiger charge is 2.46. The molecule has 0 radical (unpaired) electrons. The van der Waals surface area contributed by atoms with Crippen molar-refractivity contribution >= 4 is 11.6 Å². The van der Waals surface area contributed by atoms with Gasteiger partial charge in [-0.2, -0.15) is 8.78 Å². The minimum absolute atomic E-state index is 0.00710. The van der Waals surface area contributed by atoms with E-state index in [4.69, 9.17) is 19.9 Å². The first kappa shape index (κ1) is 20.7. The molecule has 7 nitrogen and oxygen atoms in total. The number of ether oxygens (including phenoxy) is 3. The number of halogens is 2. The Labute approximate surface area is 193 Å². The van der Waals surface area contributed by atoms with Crippen LogP contribution < -0.4 is 10.5 Å². The summed E-state index contributed by atoms with van der Waals surface area (Å²) in [4.78, 5) is 12.6. The maximum Gasteiger partial charge on any atom is 0.283 e. The molecule has 0 fully saturated rings. The van der Waals surface area contributed by atoms with Crippen molar-refractivity contribution in [3.05, 3.63) is 77.4 Å². The normalized spacial score (nSPS) is 21.0. The number of hydrogen-bond donors (Lipinski definition) is 1. The predicted octanol–water partition coefficient (Wildman–Crippen LogP) is 4.31. The number of nitrogens with zero attached hydrogens (tertiary/aromatic N) is 3. The van der Waals surface area contributed by atoms with Gasteiger partial charge in [0.25, 0.3) is 12.0 Å². The third-order valence-corrected chi connectivity index (χ3v) is 6.34. The zero-order valence-corrected chi connectivity index (χ0v) is 18.1. The first-order valence-corrected chi connectivity index (χ1v) is 10.9. The van der Waals surface area contributed by atoms with Crippen molar-refractivity contribution in [2.75, 3.05) is 19.8 Å². The van der Waals surface area contributed by atoms with E-state index in [1.54, 1.807) is 36.4 Å². The Kier molecular flexibility index (Phi) is 4.80. The van der Waals surface area contributed by atoms with Gasteiger partial charge in [-0.3, -0.25) is 0 Å². The van der Waals surface area contributed by atoms with Crippen LogP contribution in [-0.2, 0) is 15.0 Å². The zero-order valence-electron chi connectivity index (χ0n) is 18.1. The highest BCUT2D eigenvalue weighted by molar-refractivity contribution is 5.77. The summed E-state index contributed by atoms with van der Waals surface area (Å²) in [6.07, 6.45) is 4.49. The van der Waals surface area contributed by atoms with Gasteiger partial charge < -0.3 is 19.9 Å². The Bertz CT molecular complexity index is 1370. The fraction of sp³-hybridized carbons (Fsp3) is 0.240. The summed E-state index contributed by atoms with van der Waals surface area (Å²) in [7, 11) is 0. The number of aromatic nitrogens is 2. The van der Waals surface area contributed by atoms with E-state index in [9.17, 15) is 4.39 Å². The molecule has 3 aromatic rings. The molecule has 5 heterocycles. The molecule has 1 atom stereocenters. The van der Waals surface area contributed by atoms with Crippen molar-refractivity contribution in [1.82, 2.24) is 9.97 Å². The van der Waals surface area contributed by atoms with E-state index in [0.29, 0.717) is 53.3 Å². The third-order valence-electron chi connectivity index (χ3n) is 6.34. The molecule has 172 valence electrons. The van der Waals surface area contributed by atoms with E-state index in [-0.39, 0.29) is 18.4 Å². The molecule has 0 unspecified atom stereocenters. The zero-order chi connectivity index (χ0) is 23.3. The van der Waals surface area contributed by atoms with E-state index in [1.807, 2.05) is 6.08 Å². The molecule has 9 heteroatoms. The average Bonchev–Trinajstić information content (AvgIpc) is 2.86. The molecule has 2 N–H and O–H groups in total. The van der Waals surface area contributed by atoms with Crippen LogP contribution in [0.25, 0.3) is 16.7 Å². The average molecular weight is 462 g/mol. The van der Waals surface area contributed by atoms with Gasteiger partial charge in [0.1, 0.15) is 11.3 Å². The second kappa shape index (κ2) is 7.88. The van der Waals surface area contributed by atoms with Gasteiger partial charge in [0.05, 0.1) is 25.5 Å². The molecule has 0 aliphatic carbocycles. The van der Waals surface area contributed by atoms with E-state index in [2.05, 4.69) is 15.0 Å². The molecule has 1 aromatic carbocycles. The lowest BCUT2D eigenvalue weighted by molar-refractivity contribution is 0.164. The Hall–Kier alpha value is -3.85. The fourth-order valence-electron chi connectivity index (χ4n) is 4.74. The predicted molar refractivity (Wildman–Crippen MR) is 120 cm³/mol. The molecule has 34 heavy (non-hydrogen) atoms. The summed E-state index contributed by atoms with van der Waals surface area (Å²) in [6, 6.07) is 10.2. The molecule has 3 aliphatic rings. The smallest absolute Gasteiger partial charge is 0.283 e. The van der Waals surface area contributed by atoms with Gasteiger partial charge in [-0.25, -0.2) is 15.0 Å². The SMILES string of the molecule is NC1=N[C@]2(CCO1)c1cc(-c3cccnc3F)ccc1Oc1c2cc(C2=CCCOC2)nc1F. The number of amidine groups is 1. The second-order valence-corrected chi connectivity index (χ2v) is 8.31. The summed E-state index contributed by atoms with van der Waals surface area (Å²) < 4.78 is 46.8. The summed E-state index contributed by atoms with van der Waals surface area (Å²) in [5.74, 6) is -0.947. The maximum absolute atomic E-state index is 15.3. The maximum atomic E-state index is 15.3. The lowest BCUT2D eigenvalue weighted by Crippen LogP contribution is -2.39. The van der Waals surface area contributed by atoms with Crippen molar-refractivity contribution in [2.24, 2.45) is 10.7 Å². The molecular weight excluding hydrogens is 442 g/mol.